The first-order chi connectivity index (χ1) is 14.3. The zero-order valence-electron chi connectivity index (χ0n) is 16.8. The summed E-state index contributed by atoms with van der Waals surface area (Å²) in [5, 5.41) is 4.48. The molecule has 7 heteroatoms. The highest BCUT2D eigenvalue weighted by Gasteiger charge is 2.29. The van der Waals surface area contributed by atoms with Crippen molar-refractivity contribution in [2.45, 2.75) is 57.7 Å². The Morgan fingerprint density at radius 2 is 1.73 bits per heavy atom. The molecule has 0 radical (unpaired) electrons. The molecule has 160 valence electrons. The van der Waals surface area contributed by atoms with Gasteiger partial charge in [0.15, 0.2) is 0 Å². The van der Waals surface area contributed by atoms with Crippen LogP contribution in [-0.4, -0.2) is 28.8 Å². The van der Waals surface area contributed by atoms with Gasteiger partial charge in [0.05, 0.1) is 16.5 Å². The highest BCUT2D eigenvalue weighted by Crippen LogP contribution is 2.24. The molecule has 1 aliphatic carbocycles. The predicted octanol–water partition coefficient (Wildman–Crippen LogP) is 5.67. The number of benzene rings is 2. The SMILES string of the molecule is C[C@@H](C(=O)NC1CCCC1)N(Cc1ccccc1Cl)C(=O)Cc1ccc(Cl)c(Cl)c1. The number of rotatable bonds is 7. The summed E-state index contributed by atoms with van der Waals surface area (Å²) in [5.74, 6) is -0.321. The van der Waals surface area contributed by atoms with E-state index in [1.165, 1.54) is 0 Å². The van der Waals surface area contributed by atoms with Crippen LogP contribution in [0, 0.1) is 0 Å². The molecule has 1 saturated carbocycles. The van der Waals surface area contributed by atoms with Gasteiger partial charge in [-0.3, -0.25) is 9.59 Å². The Bertz CT molecular complexity index is 913. The molecule has 1 atom stereocenters. The fourth-order valence-electron chi connectivity index (χ4n) is 3.71. The summed E-state index contributed by atoms with van der Waals surface area (Å²) in [6.07, 6.45) is 4.33. The summed E-state index contributed by atoms with van der Waals surface area (Å²) in [6, 6.07) is 12.0. The van der Waals surface area contributed by atoms with Crippen LogP contribution in [0.4, 0.5) is 0 Å². The van der Waals surface area contributed by atoms with E-state index in [0.29, 0.717) is 15.1 Å². The van der Waals surface area contributed by atoms with Gasteiger partial charge in [-0.2, -0.15) is 0 Å². The Labute approximate surface area is 192 Å². The number of hydrogen-bond acceptors (Lipinski definition) is 2. The molecule has 0 heterocycles. The number of nitrogens with zero attached hydrogens (tertiary/aromatic N) is 1. The predicted molar refractivity (Wildman–Crippen MR) is 122 cm³/mol. The molecule has 2 amide bonds. The molecule has 4 nitrogen and oxygen atoms in total. The van der Waals surface area contributed by atoms with Gasteiger partial charge < -0.3 is 10.2 Å². The highest BCUT2D eigenvalue weighted by molar-refractivity contribution is 6.42. The standard InChI is InChI=1S/C23H25Cl3N2O2/c1-15(23(30)27-18-7-3-4-8-18)28(14-17-6-2-5-9-19(17)24)22(29)13-16-10-11-20(25)21(26)12-16/h2,5-6,9-12,15,18H,3-4,7-8,13-14H2,1H3,(H,27,30)/t15-/m0/s1. The second-order valence-corrected chi connectivity index (χ2v) is 8.93. The van der Waals surface area contributed by atoms with E-state index in [2.05, 4.69) is 5.32 Å². The third-order valence-corrected chi connectivity index (χ3v) is 6.61. The van der Waals surface area contributed by atoms with Crippen LogP contribution in [0.5, 0.6) is 0 Å². The summed E-state index contributed by atoms with van der Waals surface area (Å²) in [5.41, 5.74) is 1.53. The zero-order valence-corrected chi connectivity index (χ0v) is 19.1. The van der Waals surface area contributed by atoms with Crippen LogP contribution in [-0.2, 0) is 22.6 Å². The first-order valence-electron chi connectivity index (χ1n) is 10.1. The fourth-order valence-corrected chi connectivity index (χ4v) is 4.23. The van der Waals surface area contributed by atoms with Crippen molar-refractivity contribution >= 4 is 46.6 Å². The summed E-state index contributed by atoms with van der Waals surface area (Å²) >= 11 is 18.4. The van der Waals surface area contributed by atoms with Crippen molar-refractivity contribution in [3.8, 4) is 0 Å². The molecule has 0 aromatic heterocycles. The number of halogens is 3. The fraction of sp³-hybridized carbons (Fsp3) is 0.391. The van der Waals surface area contributed by atoms with E-state index in [1.807, 2.05) is 18.2 Å². The van der Waals surface area contributed by atoms with Crippen LogP contribution >= 0.6 is 34.8 Å². The third-order valence-electron chi connectivity index (χ3n) is 5.51. The summed E-state index contributed by atoms with van der Waals surface area (Å²) in [4.78, 5) is 27.7. The Hall–Kier alpha value is -1.75. The topological polar surface area (TPSA) is 49.4 Å². The van der Waals surface area contributed by atoms with E-state index in [-0.39, 0.29) is 30.8 Å². The van der Waals surface area contributed by atoms with Crippen molar-refractivity contribution in [3.05, 3.63) is 68.7 Å². The van der Waals surface area contributed by atoms with Gasteiger partial charge in [-0.1, -0.05) is 71.9 Å². The van der Waals surface area contributed by atoms with Crippen LogP contribution in [0.1, 0.15) is 43.7 Å². The Kier molecular flexibility index (Phi) is 8.04. The van der Waals surface area contributed by atoms with Crippen molar-refractivity contribution < 1.29 is 9.59 Å². The number of amides is 2. The lowest BCUT2D eigenvalue weighted by Crippen LogP contribution is -2.50. The van der Waals surface area contributed by atoms with E-state index in [1.54, 1.807) is 36.1 Å². The molecule has 30 heavy (non-hydrogen) atoms. The van der Waals surface area contributed by atoms with Crippen LogP contribution < -0.4 is 5.32 Å². The number of carbonyl (C=O) groups is 2. The van der Waals surface area contributed by atoms with Crippen molar-refractivity contribution in [1.82, 2.24) is 10.2 Å². The second-order valence-electron chi connectivity index (χ2n) is 7.70. The second kappa shape index (κ2) is 10.5. The van der Waals surface area contributed by atoms with Crippen LogP contribution in [0.3, 0.4) is 0 Å². The average Bonchev–Trinajstić information content (AvgIpc) is 3.22. The normalized spacial score (nSPS) is 15.1. The number of nitrogens with one attached hydrogen (secondary N) is 1. The average molecular weight is 468 g/mol. The Balaban J connectivity index is 1.79. The van der Waals surface area contributed by atoms with Crippen molar-refractivity contribution in [2.75, 3.05) is 0 Å². The molecule has 2 aromatic rings. The smallest absolute Gasteiger partial charge is 0.242 e. The molecule has 0 spiro atoms. The van der Waals surface area contributed by atoms with Gasteiger partial charge in [0.1, 0.15) is 6.04 Å². The molecule has 3 rings (SSSR count). The minimum atomic E-state index is -0.628. The van der Waals surface area contributed by atoms with Gasteiger partial charge in [0.2, 0.25) is 11.8 Å². The Morgan fingerprint density at radius 1 is 1.03 bits per heavy atom. The van der Waals surface area contributed by atoms with Gasteiger partial charge in [0, 0.05) is 17.6 Å². The maximum atomic E-state index is 13.2. The lowest BCUT2D eigenvalue weighted by Gasteiger charge is -2.30. The summed E-state index contributed by atoms with van der Waals surface area (Å²) in [6.45, 7) is 2.01. The van der Waals surface area contributed by atoms with E-state index in [0.717, 1.165) is 36.8 Å². The molecule has 2 aromatic carbocycles. The highest BCUT2D eigenvalue weighted by atomic mass is 35.5. The molecule has 1 N–H and O–H groups in total. The molecule has 0 bridgehead atoms. The molecular weight excluding hydrogens is 443 g/mol. The largest absolute Gasteiger partial charge is 0.352 e. The molecule has 1 aliphatic rings. The zero-order chi connectivity index (χ0) is 21.7. The van der Waals surface area contributed by atoms with E-state index >= 15 is 0 Å². The van der Waals surface area contributed by atoms with Crippen LogP contribution in [0.2, 0.25) is 15.1 Å². The van der Waals surface area contributed by atoms with E-state index < -0.39 is 6.04 Å². The first-order valence-corrected chi connectivity index (χ1v) is 11.3. The monoisotopic (exact) mass is 466 g/mol. The van der Waals surface area contributed by atoms with Gasteiger partial charge in [-0.05, 0) is 49.1 Å². The number of carbonyl (C=O) groups excluding carboxylic acids is 2. The third kappa shape index (κ3) is 5.90. The van der Waals surface area contributed by atoms with Crippen molar-refractivity contribution in [3.63, 3.8) is 0 Å². The maximum absolute atomic E-state index is 13.2. The molecule has 1 fully saturated rings. The van der Waals surface area contributed by atoms with E-state index in [4.69, 9.17) is 34.8 Å². The summed E-state index contributed by atoms with van der Waals surface area (Å²) in [7, 11) is 0. The Morgan fingerprint density at radius 3 is 2.40 bits per heavy atom. The van der Waals surface area contributed by atoms with Crippen molar-refractivity contribution in [1.29, 1.82) is 0 Å². The van der Waals surface area contributed by atoms with Crippen molar-refractivity contribution in [2.24, 2.45) is 0 Å². The van der Waals surface area contributed by atoms with Crippen LogP contribution in [0.15, 0.2) is 42.5 Å². The molecule has 0 saturated heterocycles. The van der Waals surface area contributed by atoms with E-state index in [9.17, 15) is 9.59 Å². The lowest BCUT2D eigenvalue weighted by molar-refractivity contribution is -0.140. The van der Waals surface area contributed by atoms with Crippen LogP contribution in [0.25, 0.3) is 0 Å². The molecular formula is C23H25Cl3N2O2. The minimum absolute atomic E-state index is 0.113. The summed E-state index contributed by atoms with van der Waals surface area (Å²) < 4.78 is 0. The minimum Gasteiger partial charge on any atom is -0.352 e. The lowest BCUT2D eigenvalue weighted by atomic mass is 10.1. The van der Waals surface area contributed by atoms with Gasteiger partial charge in [0.25, 0.3) is 0 Å². The molecule has 0 unspecified atom stereocenters. The van der Waals surface area contributed by atoms with Gasteiger partial charge in [-0.15, -0.1) is 0 Å². The van der Waals surface area contributed by atoms with Gasteiger partial charge >= 0.3 is 0 Å². The quantitative estimate of drug-likeness (QED) is 0.571. The maximum Gasteiger partial charge on any atom is 0.242 e. The number of hydrogen-bond donors (Lipinski definition) is 1. The van der Waals surface area contributed by atoms with Gasteiger partial charge in [-0.25, -0.2) is 0 Å². The molecule has 0 aliphatic heterocycles. The first kappa shape index (κ1) is 22.9.